The van der Waals surface area contributed by atoms with Gasteiger partial charge in [0.05, 0.1) is 5.41 Å². The number of hydrazine groups is 1. The van der Waals surface area contributed by atoms with E-state index in [1.165, 1.54) is 6.42 Å². The molecule has 5 nitrogen and oxygen atoms in total. The van der Waals surface area contributed by atoms with E-state index in [2.05, 4.69) is 24.3 Å². The van der Waals surface area contributed by atoms with Crippen LogP contribution in [-0.2, 0) is 9.53 Å². The number of amides is 1. The van der Waals surface area contributed by atoms with E-state index in [1.54, 1.807) is 0 Å². The topological polar surface area (TPSA) is 67.6 Å². The molecule has 2 atom stereocenters. The molecule has 110 valence electrons. The minimum absolute atomic E-state index is 0.0823. The lowest BCUT2D eigenvalue weighted by atomic mass is 9.79. The summed E-state index contributed by atoms with van der Waals surface area (Å²) in [6.45, 7) is 6.02. The van der Waals surface area contributed by atoms with E-state index >= 15 is 0 Å². The molecule has 19 heavy (non-hydrogen) atoms. The standard InChI is InChI=1S/C14H27N3O2/c1-11-4-3-5-12(2)17(11)16-13(18)14(10-15)6-8-19-9-7-14/h11-12H,3-10,15H2,1-2H3,(H,16,18). The van der Waals surface area contributed by atoms with Gasteiger partial charge in [0.2, 0.25) is 5.91 Å². The van der Waals surface area contributed by atoms with Gasteiger partial charge in [-0.3, -0.25) is 10.2 Å². The van der Waals surface area contributed by atoms with Gasteiger partial charge >= 0.3 is 0 Å². The second-order valence-corrected chi connectivity index (χ2v) is 6.07. The number of nitrogens with two attached hydrogens (primary N) is 1. The number of carbonyl (C=O) groups excluding carboxylic acids is 1. The highest BCUT2D eigenvalue weighted by Crippen LogP contribution is 2.30. The predicted octanol–water partition coefficient (Wildman–Crippen LogP) is 1.04. The number of hydrogen-bond donors (Lipinski definition) is 2. The summed E-state index contributed by atoms with van der Waals surface area (Å²) < 4.78 is 5.36. The third kappa shape index (κ3) is 3.09. The van der Waals surface area contributed by atoms with Gasteiger partial charge in [-0.2, -0.15) is 0 Å². The predicted molar refractivity (Wildman–Crippen MR) is 74.3 cm³/mol. The lowest BCUT2D eigenvalue weighted by Crippen LogP contribution is -2.59. The van der Waals surface area contributed by atoms with Crippen molar-refractivity contribution in [1.82, 2.24) is 10.4 Å². The van der Waals surface area contributed by atoms with Gasteiger partial charge in [-0.15, -0.1) is 0 Å². The van der Waals surface area contributed by atoms with Crippen LogP contribution in [0.4, 0.5) is 0 Å². The van der Waals surface area contributed by atoms with Crippen LogP contribution in [-0.4, -0.2) is 42.8 Å². The molecule has 0 aromatic rings. The fourth-order valence-electron chi connectivity index (χ4n) is 3.16. The molecule has 2 fully saturated rings. The number of piperidine rings is 1. The maximum Gasteiger partial charge on any atom is 0.241 e. The third-order valence-corrected chi connectivity index (χ3v) is 4.75. The van der Waals surface area contributed by atoms with Gasteiger partial charge in [0.25, 0.3) is 0 Å². The first-order chi connectivity index (χ1) is 9.09. The number of carbonyl (C=O) groups is 1. The van der Waals surface area contributed by atoms with Gasteiger partial charge in [-0.05, 0) is 39.5 Å². The maximum atomic E-state index is 12.6. The Morgan fingerprint density at radius 3 is 2.42 bits per heavy atom. The molecule has 2 heterocycles. The van der Waals surface area contributed by atoms with E-state index in [1.807, 2.05) is 0 Å². The Balaban J connectivity index is 2.02. The average Bonchev–Trinajstić information content (AvgIpc) is 2.43. The fraction of sp³-hybridized carbons (Fsp3) is 0.929. The van der Waals surface area contributed by atoms with Gasteiger partial charge in [0.15, 0.2) is 0 Å². The Morgan fingerprint density at radius 1 is 1.32 bits per heavy atom. The number of hydrogen-bond acceptors (Lipinski definition) is 4. The van der Waals surface area contributed by atoms with E-state index in [0.717, 1.165) is 25.7 Å². The van der Waals surface area contributed by atoms with E-state index in [0.29, 0.717) is 31.8 Å². The number of nitrogens with zero attached hydrogens (tertiary/aromatic N) is 1. The van der Waals surface area contributed by atoms with Crippen molar-refractivity contribution in [2.75, 3.05) is 19.8 Å². The van der Waals surface area contributed by atoms with Crippen LogP contribution in [0.15, 0.2) is 0 Å². The molecule has 2 unspecified atom stereocenters. The van der Waals surface area contributed by atoms with E-state index in [9.17, 15) is 4.79 Å². The van der Waals surface area contributed by atoms with Crippen molar-refractivity contribution in [3.05, 3.63) is 0 Å². The Kier molecular flexibility index (Phi) is 4.81. The second kappa shape index (κ2) is 6.20. The smallest absolute Gasteiger partial charge is 0.241 e. The van der Waals surface area contributed by atoms with Crippen molar-refractivity contribution in [3.8, 4) is 0 Å². The van der Waals surface area contributed by atoms with Crippen molar-refractivity contribution < 1.29 is 9.53 Å². The largest absolute Gasteiger partial charge is 0.381 e. The first kappa shape index (κ1) is 14.8. The van der Waals surface area contributed by atoms with Crippen LogP contribution in [0, 0.1) is 5.41 Å². The molecule has 0 bridgehead atoms. The van der Waals surface area contributed by atoms with Gasteiger partial charge in [0, 0.05) is 31.8 Å². The molecular weight excluding hydrogens is 242 g/mol. The van der Waals surface area contributed by atoms with Crippen molar-refractivity contribution in [2.45, 2.75) is 58.0 Å². The Bertz CT molecular complexity index is 306. The summed E-state index contributed by atoms with van der Waals surface area (Å²) in [5, 5.41) is 2.12. The summed E-state index contributed by atoms with van der Waals surface area (Å²) in [4.78, 5) is 12.6. The summed E-state index contributed by atoms with van der Waals surface area (Å²) in [5.74, 6) is 0.0823. The van der Waals surface area contributed by atoms with Crippen LogP contribution in [0.5, 0.6) is 0 Å². The van der Waals surface area contributed by atoms with Crippen LogP contribution < -0.4 is 11.2 Å². The molecule has 0 aliphatic carbocycles. The lowest BCUT2D eigenvalue weighted by Gasteiger charge is -2.42. The van der Waals surface area contributed by atoms with Crippen molar-refractivity contribution in [3.63, 3.8) is 0 Å². The summed E-state index contributed by atoms with van der Waals surface area (Å²) >= 11 is 0. The van der Waals surface area contributed by atoms with Crippen LogP contribution in [0.2, 0.25) is 0 Å². The van der Waals surface area contributed by atoms with E-state index in [4.69, 9.17) is 10.5 Å². The van der Waals surface area contributed by atoms with E-state index < -0.39 is 5.41 Å². The molecule has 0 aromatic heterocycles. The Morgan fingerprint density at radius 2 is 1.89 bits per heavy atom. The van der Waals surface area contributed by atoms with Crippen LogP contribution in [0.1, 0.15) is 46.0 Å². The Hall–Kier alpha value is -0.650. The van der Waals surface area contributed by atoms with Crippen LogP contribution >= 0.6 is 0 Å². The van der Waals surface area contributed by atoms with Gasteiger partial charge in [-0.25, -0.2) is 5.01 Å². The zero-order valence-corrected chi connectivity index (χ0v) is 12.2. The van der Waals surface area contributed by atoms with Crippen molar-refractivity contribution >= 4 is 5.91 Å². The highest BCUT2D eigenvalue weighted by Gasteiger charge is 2.40. The molecule has 0 radical (unpaired) electrons. The highest BCUT2D eigenvalue weighted by atomic mass is 16.5. The first-order valence-corrected chi connectivity index (χ1v) is 7.46. The SMILES string of the molecule is CC1CCCC(C)N1NC(=O)C1(CN)CCOCC1. The molecule has 2 aliphatic rings. The zero-order valence-electron chi connectivity index (χ0n) is 12.2. The van der Waals surface area contributed by atoms with Crippen molar-refractivity contribution in [2.24, 2.45) is 11.1 Å². The monoisotopic (exact) mass is 269 g/mol. The maximum absolute atomic E-state index is 12.6. The molecule has 2 aliphatic heterocycles. The quantitative estimate of drug-likeness (QED) is 0.803. The normalized spacial score (nSPS) is 31.9. The Labute approximate surface area is 115 Å². The summed E-state index contributed by atoms with van der Waals surface area (Å²) in [7, 11) is 0. The number of ether oxygens (including phenoxy) is 1. The summed E-state index contributed by atoms with van der Waals surface area (Å²) in [6, 6.07) is 0.810. The molecule has 2 rings (SSSR count). The van der Waals surface area contributed by atoms with Crippen LogP contribution in [0.3, 0.4) is 0 Å². The first-order valence-electron chi connectivity index (χ1n) is 7.46. The van der Waals surface area contributed by atoms with Gasteiger partial charge < -0.3 is 10.5 Å². The average molecular weight is 269 g/mol. The summed E-state index contributed by atoms with van der Waals surface area (Å²) in [5.41, 5.74) is 8.58. The number of rotatable bonds is 3. The molecule has 0 aromatic carbocycles. The third-order valence-electron chi connectivity index (χ3n) is 4.75. The molecule has 2 saturated heterocycles. The second-order valence-electron chi connectivity index (χ2n) is 6.07. The minimum atomic E-state index is -0.435. The van der Waals surface area contributed by atoms with E-state index in [-0.39, 0.29) is 5.91 Å². The molecule has 3 N–H and O–H groups in total. The zero-order chi connectivity index (χ0) is 13.9. The molecule has 0 spiro atoms. The lowest BCUT2D eigenvalue weighted by molar-refractivity contribution is -0.144. The molecule has 1 amide bonds. The van der Waals surface area contributed by atoms with Crippen LogP contribution in [0.25, 0.3) is 0 Å². The molecule has 5 heteroatoms. The highest BCUT2D eigenvalue weighted by molar-refractivity contribution is 5.82. The summed E-state index contributed by atoms with van der Waals surface area (Å²) in [6.07, 6.45) is 4.98. The van der Waals surface area contributed by atoms with Gasteiger partial charge in [0.1, 0.15) is 0 Å². The molecular formula is C14H27N3O2. The number of nitrogens with one attached hydrogen (secondary N) is 1. The van der Waals surface area contributed by atoms with Gasteiger partial charge in [-0.1, -0.05) is 6.42 Å². The van der Waals surface area contributed by atoms with Crippen molar-refractivity contribution in [1.29, 1.82) is 0 Å². The minimum Gasteiger partial charge on any atom is -0.381 e. The fourth-order valence-corrected chi connectivity index (χ4v) is 3.16. The molecule has 0 saturated carbocycles.